The fourth-order valence-electron chi connectivity index (χ4n) is 4.15. The molecule has 0 amide bonds. The molecule has 0 bridgehead atoms. The molecule has 2 aliphatic heterocycles. The molecule has 0 spiro atoms. The van der Waals surface area contributed by atoms with Crippen molar-refractivity contribution in [2.75, 3.05) is 32.7 Å². The van der Waals surface area contributed by atoms with Crippen LogP contribution in [0.15, 0.2) is 48.5 Å². The lowest BCUT2D eigenvalue weighted by Crippen LogP contribution is -2.30. The molecule has 2 aliphatic rings. The lowest BCUT2D eigenvalue weighted by molar-refractivity contribution is 0.303. The topological polar surface area (TPSA) is 15.3 Å². The van der Waals surface area contributed by atoms with E-state index in [0.717, 1.165) is 55.7 Å². The van der Waals surface area contributed by atoms with Gasteiger partial charge in [0.1, 0.15) is 11.6 Å². The highest BCUT2D eigenvalue weighted by atomic mass is 19.1. The highest BCUT2D eigenvalue weighted by Crippen LogP contribution is 2.31. The van der Waals surface area contributed by atoms with Crippen molar-refractivity contribution >= 4 is 0 Å². The van der Waals surface area contributed by atoms with Crippen LogP contribution in [0, 0.1) is 23.5 Å². The minimum Gasteiger partial charge on any atom is -0.316 e. The second-order valence-electron chi connectivity index (χ2n) is 7.05. The number of likely N-dealkylation sites (tertiary alicyclic amines) is 1. The number of hydrogen-bond acceptors (Lipinski definition) is 2. The lowest BCUT2D eigenvalue weighted by Gasteiger charge is -2.25. The summed E-state index contributed by atoms with van der Waals surface area (Å²) in [7, 11) is 0. The SMILES string of the molecule is Fc1ccc(C(CN2C[C@H]3CNC[C@H]3C2)c2ccc(F)cc2)cc1. The van der Waals surface area contributed by atoms with Gasteiger partial charge in [0.15, 0.2) is 0 Å². The fourth-order valence-corrected chi connectivity index (χ4v) is 4.15. The molecule has 2 aromatic rings. The first kappa shape index (κ1) is 15.7. The average Bonchev–Trinajstić information content (AvgIpc) is 3.16. The van der Waals surface area contributed by atoms with Gasteiger partial charge in [0.25, 0.3) is 0 Å². The summed E-state index contributed by atoms with van der Waals surface area (Å²) in [6.45, 7) is 5.33. The van der Waals surface area contributed by atoms with Gasteiger partial charge >= 0.3 is 0 Å². The summed E-state index contributed by atoms with van der Waals surface area (Å²) >= 11 is 0. The zero-order chi connectivity index (χ0) is 16.5. The second kappa shape index (κ2) is 6.61. The van der Waals surface area contributed by atoms with Crippen molar-refractivity contribution in [1.82, 2.24) is 10.2 Å². The summed E-state index contributed by atoms with van der Waals surface area (Å²) in [5.41, 5.74) is 2.16. The minimum absolute atomic E-state index is 0.137. The van der Waals surface area contributed by atoms with Gasteiger partial charge < -0.3 is 10.2 Å². The maximum atomic E-state index is 13.3. The van der Waals surface area contributed by atoms with E-state index >= 15 is 0 Å². The third-order valence-electron chi connectivity index (χ3n) is 5.45. The van der Waals surface area contributed by atoms with Crippen molar-refractivity contribution in [2.45, 2.75) is 5.92 Å². The minimum atomic E-state index is -0.224. The standard InChI is InChI=1S/C20H22F2N2/c21-18-5-1-14(2-6-18)20(15-3-7-19(22)8-4-15)13-24-11-16-9-23-10-17(16)12-24/h1-8,16-17,20,23H,9-13H2/t16-,17+. The van der Waals surface area contributed by atoms with Gasteiger partial charge in [0.2, 0.25) is 0 Å². The summed E-state index contributed by atoms with van der Waals surface area (Å²) in [5, 5.41) is 3.46. The molecule has 126 valence electrons. The van der Waals surface area contributed by atoms with Crippen molar-refractivity contribution in [3.8, 4) is 0 Å². The Bertz CT molecular complexity index is 626. The number of nitrogens with zero attached hydrogens (tertiary/aromatic N) is 1. The first-order valence-electron chi connectivity index (χ1n) is 8.63. The first-order valence-corrected chi connectivity index (χ1v) is 8.63. The van der Waals surface area contributed by atoms with Gasteiger partial charge in [-0.25, -0.2) is 8.78 Å². The third kappa shape index (κ3) is 3.21. The van der Waals surface area contributed by atoms with Gasteiger partial charge in [-0.1, -0.05) is 24.3 Å². The van der Waals surface area contributed by atoms with E-state index in [1.165, 1.54) is 24.3 Å². The number of hydrogen-bond donors (Lipinski definition) is 1. The number of halogens is 2. The molecule has 0 unspecified atom stereocenters. The maximum Gasteiger partial charge on any atom is 0.123 e. The number of benzene rings is 2. The van der Waals surface area contributed by atoms with Crippen LogP contribution in [0.2, 0.25) is 0 Å². The Balaban J connectivity index is 1.58. The van der Waals surface area contributed by atoms with Crippen LogP contribution in [0.25, 0.3) is 0 Å². The predicted molar refractivity (Wildman–Crippen MR) is 90.9 cm³/mol. The van der Waals surface area contributed by atoms with Crippen LogP contribution < -0.4 is 5.32 Å². The Morgan fingerprint density at radius 3 is 1.75 bits per heavy atom. The van der Waals surface area contributed by atoms with E-state index in [-0.39, 0.29) is 17.6 Å². The largest absolute Gasteiger partial charge is 0.316 e. The molecule has 2 atom stereocenters. The normalized spacial score (nSPS) is 23.8. The predicted octanol–water partition coefficient (Wildman–Crippen LogP) is 3.25. The van der Waals surface area contributed by atoms with E-state index in [9.17, 15) is 8.78 Å². The highest BCUT2D eigenvalue weighted by Gasteiger charge is 2.36. The van der Waals surface area contributed by atoms with E-state index in [0.29, 0.717) is 0 Å². The van der Waals surface area contributed by atoms with Gasteiger partial charge in [-0.15, -0.1) is 0 Å². The molecule has 2 aromatic carbocycles. The Hall–Kier alpha value is -1.78. The van der Waals surface area contributed by atoms with Crippen molar-refractivity contribution in [3.05, 3.63) is 71.3 Å². The van der Waals surface area contributed by atoms with Crippen molar-refractivity contribution in [1.29, 1.82) is 0 Å². The fraction of sp³-hybridized carbons (Fsp3) is 0.400. The van der Waals surface area contributed by atoms with Gasteiger partial charge in [-0.05, 0) is 60.3 Å². The number of fused-ring (bicyclic) bond motifs is 1. The zero-order valence-corrected chi connectivity index (χ0v) is 13.6. The third-order valence-corrected chi connectivity index (χ3v) is 5.45. The van der Waals surface area contributed by atoms with Crippen molar-refractivity contribution in [3.63, 3.8) is 0 Å². The molecule has 2 nitrogen and oxygen atoms in total. The molecule has 0 radical (unpaired) electrons. The van der Waals surface area contributed by atoms with E-state index < -0.39 is 0 Å². The Labute approximate surface area is 141 Å². The van der Waals surface area contributed by atoms with Crippen LogP contribution in [-0.4, -0.2) is 37.6 Å². The summed E-state index contributed by atoms with van der Waals surface area (Å²) in [4.78, 5) is 2.51. The lowest BCUT2D eigenvalue weighted by atomic mass is 9.90. The van der Waals surface area contributed by atoms with Crippen LogP contribution >= 0.6 is 0 Å². The molecule has 2 fully saturated rings. The molecule has 0 saturated carbocycles. The highest BCUT2D eigenvalue weighted by molar-refractivity contribution is 5.33. The van der Waals surface area contributed by atoms with E-state index in [1.807, 2.05) is 24.3 Å². The summed E-state index contributed by atoms with van der Waals surface area (Å²) in [6.07, 6.45) is 0. The Morgan fingerprint density at radius 2 is 1.29 bits per heavy atom. The molecule has 1 N–H and O–H groups in total. The average molecular weight is 328 g/mol. The van der Waals surface area contributed by atoms with Crippen LogP contribution in [0.4, 0.5) is 8.78 Å². The second-order valence-corrected chi connectivity index (χ2v) is 7.05. The Kier molecular flexibility index (Phi) is 4.33. The maximum absolute atomic E-state index is 13.3. The molecular formula is C20H22F2N2. The first-order chi connectivity index (χ1) is 11.7. The molecule has 4 rings (SSSR count). The Morgan fingerprint density at radius 1 is 0.833 bits per heavy atom. The van der Waals surface area contributed by atoms with Crippen LogP contribution in [0.5, 0.6) is 0 Å². The van der Waals surface area contributed by atoms with Gasteiger partial charge in [-0.3, -0.25) is 0 Å². The van der Waals surface area contributed by atoms with Gasteiger partial charge in [-0.2, -0.15) is 0 Å². The molecule has 0 aromatic heterocycles. The molecular weight excluding hydrogens is 306 g/mol. The molecule has 0 aliphatic carbocycles. The van der Waals surface area contributed by atoms with Crippen LogP contribution in [-0.2, 0) is 0 Å². The van der Waals surface area contributed by atoms with Crippen molar-refractivity contribution < 1.29 is 8.78 Å². The van der Waals surface area contributed by atoms with Crippen molar-refractivity contribution in [2.24, 2.45) is 11.8 Å². The van der Waals surface area contributed by atoms with Crippen LogP contribution in [0.1, 0.15) is 17.0 Å². The zero-order valence-electron chi connectivity index (χ0n) is 13.6. The van der Waals surface area contributed by atoms with Gasteiger partial charge in [0, 0.05) is 25.6 Å². The molecule has 4 heteroatoms. The monoisotopic (exact) mass is 328 g/mol. The summed E-state index contributed by atoms with van der Waals surface area (Å²) in [6, 6.07) is 13.4. The summed E-state index contributed by atoms with van der Waals surface area (Å²) < 4.78 is 26.6. The molecule has 2 saturated heterocycles. The van der Waals surface area contributed by atoms with Crippen LogP contribution in [0.3, 0.4) is 0 Å². The number of nitrogens with one attached hydrogen (secondary N) is 1. The summed E-state index contributed by atoms with van der Waals surface area (Å²) in [5.74, 6) is 1.17. The number of rotatable bonds is 4. The van der Waals surface area contributed by atoms with E-state index in [2.05, 4.69) is 10.2 Å². The smallest absolute Gasteiger partial charge is 0.123 e. The molecule has 24 heavy (non-hydrogen) atoms. The van der Waals surface area contributed by atoms with E-state index in [1.54, 1.807) is 0 Å². The molecule has 2 heterocycles. The van der Waals surface area contributed by atoms with E-state index in [4.69, 9.17) is 0 Å². The quantitative estimate of drug-likeness (QED) is 0.927. The van der Waals surface area contributed by atoms with Gasteiger partial charge in [0.05, 0.1) is 0 Å².